The third-order valence-corrected chi connectivity index (χ3v) is 4.36. The maximum atomic E-state index is 10.6. The highest BCUT2D eigenvalue weighted by molar-refractivity contribution is 5.66. The van der Waals surface area contributed by atoms with Gasteiger partial charge in [-0.3, -0.25) is 9.69 Å². The van der Waals surface area contributed by atoms with E-state index in [1.54, 1.807) is 0 Å². The number of nitrogens with zero attached hydrogens (tertiary/aromatic N) is 1. The third-order valence-electron chi connectivity index (χ3n) is 4.36. The van der Waals surface area contributed by atoms with Gasteiger partial charge in [0.25, 0.3) is 0 Å². The van der Waals surface area contributed by atoms with E-state index in [4.69, 9.17) is 5.11 Å². The highest BCUT2D eigenvalue weighted by Crippen LogP contribution is 2.25. The fraction of sp³-hybridized carbons (Fsp3) is 0.588. The van der Waals surface area contributed by atoms with Gasteiger partial charge >= 0.3 is 5.97 Å². The molecule has 0 aliphatic carbocycles. The minimum Gasteiger partial charge on any atom is -0.481 e. The second kappa shape index (κ2) is 6.40. The summed E-state index contributed by atoms with van der Waals surface area (Å²) in [4.78, 5) is 13.1. The summed E-state index contributed by atoms with van der Waals surface area (Å²) < 4.78 is 0. The van der Waals surface area contributed by atoms with Gasteiger partial charge in [0, 0.05) is 19.5 Å². The predicted octanol–water partition coefficient (Wildman–Crippen LogP) is 3.30. The molecule has 3 nitrogen and oxygen atoms in total. The van der Waals surface area contributed by atoms with Gasteiger partial charge in [-0.05, 0) is 62.8 Å². The van der Waals surface area contributed by atoms with Crippen LogP contribution in [-0.2, 0) is 11.3 Å². The number of carbonyl (C=O) groups is 1. The van der Waals surface area contributed by atoms with Gasteiger partial charge in [0.1, 0.15) is 0 Å². The van der Waals surface area contributed by atoms with Crippen molar-refractivity contribution in [2.24, 2.45) is 5.92 Å². The van der Waals surface area contributed by atoms with E-state index in [1.165, 1.54) is 22.3 Å². The molecular weight excluding hydrogens is 250 g/mol. The van der Waals surface area contributed by atoms with Gasteiger partial charge in [0.05, 0.1) is 0 Å². The van der Waals surface area contributed by atoms with Crippen LogP contribution < -0.4 is 0 Å². The Bertz CT molecular complexity index is 473. The largest absolute Gasteiger partial charge is 0.481 e. The average molecular weight is 275 g/mol. The van der Waals surface area contributed by atoms with Gasteiger partial charge in [0.15, 0.2) is 0 Å². The Morgan fingerprint density at radius 3 is 2.55 bits per heavy atom. The third kappa shape index (κ3) is 3.83. The summed E-state index contributed by atoms with van der Waals surface area (Å²) in [5, 5.41) is 8.76. The van der Waals surface area contributed by atoms with E-state index in [1.807, 2.05) is 0 Å². The molecule has 0 aromatic heterocycles. The lowest BCUT2D eigenvalue weighted by molar-refractivity contribution is -0.137. The molecular formula is C17H25NO2. The van der Waals surface area contributed by atoms with Crippen LogP contribution in [-0.4, -0.2) is 29.1 Å². The lowest BCUT2D eigenvalue weighted by atomic mass is 9.99. The molecule has 1 fully saturated rings. The molecule has 1 aliphatic rings. The standard InChI is InChI=1S/C17H25NO2/c1-12-8-13(2)16(14(3)9-12)11-18-7-6-15(10-18)4-5-17(19)20/h8-9,15H,4-7,10-11H2,1-3H3,(H,19,20). The van der Waals surface area contributed by atoms with Crippen molar-refractivity contribution in [1.29, 1.82) is 0 Å². The van der Waals surface area contributed by atoms with Gasteiger partial charge in [-0.15, -0.1) is 0 Å². The van der Waals surface area contributed by atoms with Crippen molar-refractivity contribution in [2.45, 2.75) is 46.6 Å². The monoisotopic (exact) mass is 275 g/mol. The highest BCUT2D eigenvalue weighted by Gasteiger charge is 2.23. The Hall–Kier alpha value is -1.35. The van der Waals surface area contributed by atoms with Crippen molar-refractivity contribution in [3.8, 4) is 0 Å². The normalized spacial score (nSPS) is 19.4. The first-order valence-electron chi connectivity index (χ1n) is 7.46. The Morgan fingerprint density at radius 2 is 1.95 bits per heavy atom. The molecule has 2 rings (SSSR count). The zero-order valence-corrected chi connectivity index (χ0v) is 12.8. The van der Waals surface area contributed by atoms with E-state index in [2.05, 4.69) is 37.8 Å². The first kappa shape index (κ1) is 15.0. The topological polar surface area (TPSA) is 40.5 Å². The van der Waals surface area contributed by atoms with Crippen LogP contribution in [0.1, 0.15) is 41.5 Å². The van der Waals surface area contributed by atoms with Gasteiger partial charge < -0.3 is 5.11 Å². The van der Waals surface area contributed by atoms with E-state index < -0.39 is 5.97 Å². The van der Waals surface area contributed by atoms with Gasteiger partial charge in [-0.1, -0.05) is 17.7 Å². The Balaban J connectivity index is 1.94. The van der Waals surface area contributed by atoms with Gasteiger partial charge in [-0.2, -0.15) is 0 Å². The maximum absolute atomic E-state index is 10.6. The Kier molecular flexibility index (Phi) is 4.81. The van der Waals surface area contributed by atoms with Crippen LogP contribution in [0.2, 0.25) is 0 Å². The molecule has 3 heteroatoms. The minimum atomic E-state index is -0.673. The van der Waals surface area contributed by atoms with Crippen molar-refractivity contribution in [3.05, 3.63) is 34.4 Å². The molecule has 1 aromatic rings. The molecule has 0 bridgehead atoms. The molecule has 1 unspecified atom stereocenters. The zero-order valence-electron chi connectivity index (χ0n) is 12.8. The molecule has 1 aromatic carbocycles. The molecule has 110 valence electrons. The van der Waals surface area contributed by atoms with Crippen LogP contribution in [0.4, 0.5) is 0 Å². The Morgan fingerprint density at radius 1 is 1.30 bits per heavy atom. The summed E-state index contributed by atoms with van der Waals surface area (Å²) in [6.07, 6.45) is 2.26. The fourth-order valence-electron chi connectivity index (χ4n) is 3.30. The summed E-state index contributed by atoms with van der Waals surface area (Å²) >= 11 is 0. The van der Waals surface area contributed by atoms with E-state index in [-0.39, 0.29) is 0 Å². The number of rotatable bonds is 5. The van der Waals surface area contributed by atoms with Crippen LogP contribution in [0, 0.1) is 26.7 Å². The van der Waals surface area contributed by atoms with E-state index in [9.17, 15) is 4.79 Å². The summed E-state index contributed by atoms with van der Waals surface area (Å²) in [6, 6.07) is 4.50. The fourth-order valence-corrected chi connectivity index (χ4v) is 3.30. The molecule has 20 heavy (non-hydrogen) atoms. The maximum Gasteiger partial charge on any atom is 0.303 e. The lowest BCUT2D eigenvalue weighted by Gasteiger charge is -2.19. The Labute approximate surface area is 121 Å². The first-order valence-corrected chi connectivity index (χ1v) is 7.46. The number of aliphatic carboxylic acids is 1. The number of hydrogen-bond donors (Lipinski definition) is 1. The molecule has 0 amide bonds. The quantitative estimate of drug-likeness (QED) is 0.896. The van der Waals surface area contributed by atoms with Crippen molar-refractivity contribution in [3.63, 3.8) is 0 Å². The molecule has 1 saturated heterocycles. The van der Waals surface area contributed by atoms with E-state index in [0.29, 0.717) is 12.3 Å². The minimum absolute atomic E-state index is 0.307. The van der Waals surface area contributed by atoms with Gasteiger partial charge in [0.2, 0.25) is 0 Å². The smallest absolute Gasteiger partial charge is 0.303 e. The number of hydrogen-bond acceptors (Lipinski definition) is 2. The second-order valence-corrected chi connectivity index (χ2v) is 6.20. The van der Waals surface area contributed by atoms with Crippen LogP contribution in [0.15, 0.2) is 12.1 Å². The zero-order chi connectivity index (χ0) is 14.7. The molecule has 1 atom stereocenters. The SMILES string of the molecule is Cc1cc(C)c(CN2CCC(CCC(=O)O)C2)c(C)c1. The van der Waals surface area contributed by atoms with Crippen LogP contribution in [0.5, 0.6) is 0 Å². The highest BCUT2D eigenvalue weighted by atomic mass is 16.4. The number of benzene rings is 1. The molecule has 1 N–H and O–H groups in total. The number of aryl methyl sites for hydroxylation is 3. The van der Waals surface area contributed by atoms with Crippen molar-refractivity contribution >= 4 is 5.97 Å². The predicted molar refractivity (Wildman–Crippen MR) is 80.9 cm³/mol. The van der Waals surface area contributed by atoms with Gasteiger partial charge in [-0.25, -0.2) is 0 Å². The van der Waals surface area contributed by atoms with Crippen molar-refractivity contribution in [1.82, 2.24) is 4.90 Å². The molecule has 0 saturated carbocycles. The van der Waals surface area contributed by atoms with Crippen molar-refractivity contribution < 1.29 is 9.90 Å². The van der Waals surface area contributed by atoms with Crippen LogP contribution in [0.3, 0.4) is 0 Å². The van der Waals surface area contributed by atoms with Crippen LogP contribution >= 0.6 is 0 Å². The lowest BCUT2D eigenvalue weighted by Crippen LogP contribution is -2.21. The molecule has 1 aliphatic heterocycles. The van der Waals surface area contributed by atoms with Crippen molar-refractivity contribution in [2.75, 3.05) is 13.1 Å². The summed E-state index contributed by atoms with van der Waals surface area (Å²) in [7, 11) is 0. The number of carboxylic acids is 1. The average Bonchev–Trinajstić information content (AvgIpc) is 2.79. The molecule has 1 heterocycles. The van der Waals surface area contributed by atoms with E-state index >= 15 is 0 Å². The molecule has 0 spiro atoms. The summed E-state index contributed by atoms with van der Waals surface area (Å²) in [5.74, 6) is -0.120. The van der Waals surface area contributed by atoms with Crippen LogP contribution in [0.25, 0.3) is 0 Å². The number of likely N-dealkylation sites (tertiary alicyclic amines) is 1. The molecule has 0 radical (unpaired) electrons. The summed E-state index contributed by atoms with van der Waals surface area (Å²) in [5.41, 5.74) is 5.51. The number of carboxylic acid groups (broad SMARTS) is 1. The van der Waals surface area contributed by atoms with E-state index in [0.717, 1.165) is 32.5 Å². The first-order chi connectivity index (χ1) is 9.45. The second-order valence-electron chi connectivity index (χ2n) is 6.20. The summed E-state index contributed by atoms with van der Waals surface area (Å²) in [6.45, 7) is 9.65.